The third kappa shape index (κ3) is 8.03. The van der Waals surface area contributed by atoms with Crippen molar-refractivity contribution in [1.82, 2.24) is 0 Å². The molecule has 10 nitrogen and oxygen atoms in total. The number of hydrogen-bond acceptors (Lipinski definition) is 7. The number of rotatable bonds is 6. The predicted molar refractivity (Wildman–Crippen MR) is 103 cm³/mol. The smallest absolute Gasteiger partial charge is 0.394 e. The molecule has 0 bridgehead atoms. The van der Waals surface area contributed by atoms with Gasteiger partial charge in [0.1, 0.15) is 0 Å². The summed E-state index contributed by atoms with van der Waals surface area (Å²) in [4.78, 5) is 10.8. The van der Waals surface area contributed by atoms with Gasteiger partial charge in [0.15, 0.2) is 11.5 Å². The molecule has 0 radical (unpaired) electrons. The van der Waals surface area contributed by atoms with Crippen molar-refractivity contribution in [2.75, 3.05) is 19.6 Å². The number of aromatic carboxylic acids is 1. The minimum Gasteiger partial charge on any atom is -0.493 e. The second-order valence-corrected chi connectivity index (χ2v) is 6.10. The molecule has 11 heteroatoms. The maximum atomic E-state index is 10.8. The van der Waals surface area contributed by atoms with E-state index in [0.717, 1.165) is 11.3 Å². The van der Waals surface area contributed by atoms with Crippen molar-refractivity contribution >= 4 is 27.8 Å². The SMILES string of the molecule is COc1ccc(/C(C)=N/Nc2ccc(C(=O)O)cc2)cc1OC.O=S(=O)(O)O. The summed E-state index contributed by atoms with van der Waals surface area (Å²) in [5.74, 6) is 0.327. The van der Waals surface area contributed by atoms with E-state index < -0.39 is 16.4 Å². The van der Waals surface area contributed by atoms with Gasteiger partial charge in [0.05, 0.1) is 31.2 Å². The number of hydrogen-bond donors (Lipinski definition) is 4. The Labute approximate surface area is 162 Å². The molecule has 28 heavy (non-hydrogen) atoms. The van der Waals surface area contributed by atoms with E-state index in [2.05, 4.69) is 10.5 Å². The molecule has 0 aliphatic rings. The number of carboxylic acid groups (broad SMARTS) is 1. The van der Waals surface area contributed by atoms with Gasteiger partial charge in [0.25, 0.3) is 0 Å². The number of nitrogens with zero attached hydrogens (tertiary/aromatic N) is 1. The van der Waals surface area contributed by atoms with E-state index in [-0.39, 0.29) is 5.56 Å². The third-order valence-corrected chi connectivity index (χ3v) is 3.29. The number of ether oxygens (including phenoxy) is 2. The first-order chi connectivity index (χ1) is 13.0. The van der Waals surface area contributed by atoms with Crippen LogP contribution in [0.5, 0.6) is 11.5 Å². The molecular formula is C17H20N2O8S. The van der Waals surface area contributed by atoms with Gasteiger partial charge in [0.2, 0.25) is 0 Å². The molecule has 0 saturated carbocycles. The molecule has 4 N–H and O–H groups in total. The summed E-state index contributed by atoms with van der Waals surface area (Å²) in [7, 11) is -1.50. The maximum Gasteiger partial charge on any atom is 0.394 e. The fourth-order valence-corrected chi connectivity index (χ4v) is 1.96. The minimum absolute atomic E-state index is 0.233. The van der Waals surface area contributed by atoms with Gasteiger partial charge < -0.3 is 14.6 Å². The van der Waals surface area contributed by atoms with Crippen molar-refractivity contribution in [1.29, 1.82) is 0 Å². The highest BCUT2D eigenvalue weighted by molar-refractivity contribution is 7.79. The predicted octanol–water partition coefficient (Wildman–Crippen LogP) is 2.59. The zero-order valence-electron chi connectivity index (χ0n) is 15.3. The number of nitrogens with one attached hydrogen (secondary N) is 1. The van der Waals surface area contributed by atoms with Gasteiger partial charge in [-0.25, -0.2) is 4.79 Å². The molecule has 2 aromatic rings. The second kappa shape index (κ2) is 10.3. The van der Waals surface area contributed by atoms with Crippen molar-refractivity contribution in [3.63, 3.8) is 0 Å². The zero-order valence-corrected chi connectivity index (χ0v) is 16.1. The van der Waals surface area contributed by atoms with E-state index >= 15 is 0 Å². The molecule has 152 valence electrons. The number of anilines is 1. The van der Waals surface area contributed by atoms with Crippen LogP contribution in [-0.4, -0.2) is 48.5 Å². The molecule has 0 heterocycles. The second-order valence-electron chi connectivity index (χ2n) is 5.21. The van der Waals surface area contributed by atoms with Gasteiger partial charge >= 0.3 is 16.4 Å². The van der Waals surface area contributed by atoms with Crippen LogP contribution in [0.15, 0.2) is 47.6 Å². The number of hydrazone groups is 1. The lowest BCUT2D eigenvalue weighted by Crippen LogP contribution is -2.01. The Bertz CT molecular complexity index is 932. The Balaban J connectivity index is 0.000000696. The molecule has 0 amide bonds. The number of carbonyl (C=O) groups is 1. The zero-order chi connectivity index (χ0) is 21.3. The highest BCUT2D eigenvalue weighted by atomic mass is 32.3. The van der Waals surface area contributed by atoms with E-state index in [1.807, 2.05) is 25.1 Å². The molecule has 0 aliphatic heterocycles. The maximum absolute atomic E-state index is 10.8. The summed E-state index contributed by atoms with van der Waals surface area (Å²) in [5, 5.41) is 13.2. The van der Waals surface area contributed by atoms with Crippen molar-refractivity contribution in [3.8, 4) is 11.5 Å². The topological polar surface area (TPSA) is 155 Å². The van der Waals surface area contributed by atoms with Crippen LogP contribution in [0, 0.1) is 0 Å². The highest BCUT2D eigenvalue weighted by Gasteiger charge is 2.06. The van der Waals surface area contributed by atoms with E-state index in [1.165, 1.54) is 12.1 Å². The van der Waals surface area contributed by atoms with Crippen LogP contribution in [0.3, 0.4) is 0 Å². The van der Waals surface area contributed by atoms with Crippen molar-refractivity contribution in [2.24, 2.45) is 5.10 Å². The summed E-state index contributed by atoms with van der Waals surface area (Å²) >= 11 is 0. The molecule has 0 fully saturated rings. The molecule has 0 atom stereocenters. The average molecular weight is 412 g/mol. The van der Waals surface area contributed by atoms with Crippen molar-refractivity contribution in [3.05, 3.63) is 53.6 Å². The van der Waals surface area contributed by atoms with E-state index in [1.54, 1.807) is 26.4 Å². The van der Waals surface area contributed by atoms with Gasteiger partial charge in [-0.2, -0.15) is 13.5 Å². The molecule has 0 saturated heterocycles. The summed E-state index contributed by atoms with van der Waals surface area (Å²) in [6.07, 6.45) is 0. The van der Waals surface area contributed by atoms with Gasteiger partial charge in [-0.3, -0.25) is 14.5 Å². The summed E-state index contributed by atoms with van der Waals surface area (Å²) in [6, 6.07) is 11.9. The Morgan fingerprint density at radius 3 is 1.93 bits per heavy atom. The first kappa shape index (κ1) is 22.9. The van der Waals surface area contributed by atoms with Gasteiger partial charge in [-0.15, -0.1) is 0 Å². The van der Waals surface area contributed by atoms with E-state index in [4.69, 9.17) is 32.1 Å². The molecule has 0 aliphatic carbocycles. The standard InChI is InChI=1S/C17H18N2O4.H2O4S/c1-11(13-6-9-15(22-2)16(10-13)23-3)18-19-14-7-4-12(5-8-14)17(20)21;1-5(2,3)4/h4-10,19H,1-3H3,(H,20,21);(H2,1,2,3,4)/b18-11+;. The third-order valence-electron chi connectivity index (χ3n) is 3.29. The Morgan fingerprint density at radius 2 is 1.46 bits per heavy atom. The highest BCUT2D eigenvalue weighted by Crippen LogP contribution is 2.27. The van der Waals surface area contributed by atoms with Crippen molar-refractivity contribution < 1.29 is 36.9 Å². The first-order valence-corrected chi connectivity index (χ1v) is 9.00. The lowest BCUT2D eigenvalue weighted by molar-refractivity contribution is 0.0697. The lowest BCUT2D eigenvalue weighted by Gasteiger charge is -2.09. The summed E-state index contributed by atoms with van der Waals surface area (Å²) in [6.45, 7) is 1.86. The first-order valence-electron chi connectivity index (χ1n) is 7.61. The van der Waals surface area contributed by atoms with Crippen LogP contribution >= 0.6 is 0 Å². The van der Waals surface area contributed by atoms with E-state index in [9.17, 15) is 4.79 Å². The average Bonchev–Trinajstić information content (AvgIpc) is 2.64. The molecule has 0 unspecified atom stereocenters. The Morgan fingerprint density at radius 1 is 0.964 bits per heavy atom. The normalized spacial score (nSPS) is 11.1. The van der Waals surface area contributed by atoms with Crippen LogP contribution in [0.4, 0.5) is 5.69 Å². The van der Waals surface area contributed by atoms with Gasteiger partial charge in [0, 0.05) is 5.56 Å². The molecule has 2 aromatic carbocycles. The molecular weight excluding hydrogens is 392 g/mol. The Hall–Kier alpha value is -3.15. The summed E-state index contributed by atoms with van der Waals surface area (Å²) in [5.41, 5.74) is 5.48. The fourth-order valence-electron chi connectivity index (χ4n) is 1.96. The molecule has 0 aromatic heterocycles. The van der Waals surface area contributed by atoms with Crippen LogP contribution in [0.1, 0.15) is 22.8 Å². The van der Waals surface area contributed by atoms with Crippen LogP contribution in [0.2, 0.25) is 0 Å². The number of methoxy groups -OCH3 is 2. The van der Waals surface area contributed by atoms with E-state index in [0.29, 0.717) is 17.2 Å². The fraction of sp³-hybridized carbons (Fsp3) is 0.176. The Kier molecular flexibility index (Phi) is 8.38. The molecule has 2 rings (SSSR count). The number of benzene rings is 2. The lowest BCUT2D eigenvalue weighted by atomic mass is 10.1. The van der Waals surface area contributed by atoms with Gasteiger partial charge in [-0.05, 0) is 49.4 Å². The minimum atomic E-state index is -4.67. The van der Waals surface area contributed by atoms with Gasteiger partial charge in [-0.1, -0.05) is 0 Å². The van der Waals surface area contributed by atoms with Crippen LogP contribution < -0.4 is 14.9 Å². The quantitative estimate of drug-likeness (QED) is 0.318. The summed E-state index contributed by atoms with van der Waals surface area (Å²) < 4.78 is 42.1. The number of carboxylic acids is 1. The van der Waals surface area contributed by atoms with Crippen LogP contribution in [-0.2, 0) is 10.4 Å². The van der Waals surface area contributed by atoms with Crippen LogP contribution in [0.25, 0.3) is 0 Å². The monoisotopic (exact) mass is 412 g/mol. The van der Waals surface area contributed by atoms with Crippen molar-refractivity contribution in [2.45, 2.75) is 6.92 Å². The largest absolute Gasteiger partial charge is 0.493 e. The molecule has 0 spiro atoms.